The van der Waals surface area contributed by atoms with Crippen LogP contribution in [0.2, 0.25) is 0 Å². The molecule has 3 rings (SSSR count). The number of fused-ring (bicyclic) bond motifs is 1. The number of hydrogen-bond acceptors (Lipinski definition) is 7. The Morgan fingerprint density at radius 1 is 1.25 bits per heavy atom. The molecule has 8 heteroatoms. The molecule has 0 aliphatic carbocycles. The van der Waals surface area contributed by atoms with Crippen molar-refractivity contribution < 1.29 is 4.63 Å². The number of nitrogens with zero attached hydrogens (tertiary/aromatic N) is 4. The fraction of sp³-hybridized carbons (Fsp3) is 0. The molecule has 1 aromatic carbocycles. The smallest absolute Gasteiger partial charge is 0.188 e. The number of nitrogens with one attached hydrogen (secondary N) is 1. The van der Waals surface area contributed by atoms with Crippen molar-refractivity contribution in [3.05, 3.63) is 18.5 Å². The number of nitrogen functional groups attached to an aromatic ring is 1. The minimum absolute atomic E-state index is 0.540. The minimum Gasteiger partial charge on any atom is -0.397 e. The maximum Gasteiger partial charge on any atom is 0.188 e. The molecule has 2 aromatic heterocycles. The van der Waals surface area contributed by atoms with Crippen LogP contribution in [0, 0.1) is 0 Å². The first-order chi connectivity index (χ1) is 7.84. The van der Waals surface area contributed by atoms with Crippen LogP contribution in [0.5, 0.6) is 0 Å². The minimum atomic E-state index is 0.540. The van der Waals surface area contributed by atoms with Gasteiger partial charge in [-0.1, -0.05) is 0 Å². The average molecular weight is 234 g/mol. The van der Waals surface area contributed by atoms with Crippen LogP contribution in [-0.2, 0) is 0 Å². The van der Waals surface area contributed by atoms with E-state index >= 15 is 0 Å². The molecule has 0 aliphatic heterocycles. The summed E-state index contributed by atoms with van der Waals surface area (Å²) in [6.45, 7) is 0. The van der Waals surface area contributed by atoms with Crippen LogP contribution in [-0.4, -0.2) is 25.5 Å². The van der Waals surface area contributed by atoms with Crippen LogP contribution in [0.4, 0.5) is 5.69 Å². The lowest BCUT2D eigenvalue weighted by atomic mass is 10.3. The normalized spacial score (nSPS) is 11.0. The van der Waals surface area contributed by atoms with Crippen molar-refractivity contribution >= 4 is 28.5 Å². The van der Waals surface area contributed by atoms with Crippen molar-refractivity contribution in [1.82, 2.24) is 25.5 Å². The van der Waals surface area contributed by atoms with Crippen molar-refractivity contribution in [1.29, 1.82) is 0 Å². The molecule has 80 valence electrons. The first kappa shape index (κ1) is 9.16. The molecule has 0 atom stereocenters. The molecule has 0 aliphatic rings. The first-order valence-electron chi connectivity index (χ1n) is 4.38. The summed E-state index contributed by atoms with van der Waals surface area (Å²) in [6, 6.07) is 3.60. The van der Waals surface area contributed by atoms with E-state index in [1.54, 1.807) is 6.07 Å². The van der Waals surface area contributed by atoms with Crippen LogP contribution in [0.25, 0.3) is 11.0 Å². The van der Waals surface area contributed by atoms with E-state index in [-0.39, 0.29) is 0 Å². The third-order valence-electron chi connectivity index (χ3n) is 2.01. The third kappa shape index (κ3) is 1.39. The highest BCUT2D eigenvalue weighted by Gasteiger charge is 2.11. The maximum atomic E-state index is 5.74. The Labute approximate surface area is 93.4 Å². The van der Waals surface area contributed by atoms with Gasteiger partial charge in [0.05, 0.1) is 5.69 Å². The van der Waals surface area contributed by atoms with Crippen LogP contribution < -0.4 is 5.73 Å². The zero-order chi connectivity index (χ0) is 11.0. The van der Waals surface area contributed by atoms with Gasteiger partial charge in [-0.2, -0.15) is 5.10 Å². The van der Waals surface area contributed by atoms with Crippen LogP contribution in [0.3, 0.4) is 0 Å². The maximum absolute atomic E-state index is 5.74. The quantitative estimate of drug-likeness (QED) is 0.638. The zero-order valence-electron chi connectivity index (χ0n) is 7.91. The molecule has 2 heterocycles. The molecular formula is C8H6N6OS. The number of aromatic amines is 1. The molecular weight excluding hydrogens is 228 g/mol. The molecule has 0 unspecified atom stereocenters. The summed E-state index contributed by atoms with van der Waals surface area (Å²) >= 11 is 1.39. The molecule has 3 N–H and O–H groups in total. The molecule has 0 fully saturated rings. The van der Waals surface area contributed by atoms with Gasteiger partial charge < -0.3 is 5.73 Å². The molecule has 0 saturated carbocycles. The van der Waals surface area contributed by atoms with E-state index in [1.807, 2.05) is 6.07 Å². The highest BCUT2D eigenvalue weighted by atomic mass is 32.2. The first-order valence-corrected chi connectivity index (χ1v) is 5.20. The van der Waals surface area contributed by atoms with Gasteiger partial charge in [-0.15, -0.1) is 0 Å². The number of anilines is 1. The second-order valence-electron chi connectivity index (χ2n) is 3.01. The number of H-pyrrole nitrogens is 1. The van der Waals surface area contributed by atoms with Gasteiger partial charge in [0.25, 0.3) is 0 Å². The topological polar surface area (TPSA) is 107 Å². The summed E-state index contributed by atoms with van der Waals surface area (Å²) in [5.41, 5.74) is 7.46. The van der Waals surface area contributed by atoms with Gasteiger partial charge in [0.15, 0.2) is 16.2 Å². The van der Waals surface area contributed by atoms with E-state index in [2.05, 4.69) is 30.1 Å². The highest BCUT2D eigenvalue weighted by Crippen LogP contribution is 2.31. The number of nitrogens with two attached hydrogens (primary N) is 1. The van der Waals surface area contributed by atoms with Crippen molar-refractivity contribution in [2.24, 2.45) is 0 Å². The fourth-order valence-corrected chi connectivity index (χ4v) is 2.07. The fourth-order valence-electron chi connectivity index (χ4n) is 1.29. The summed E-state index contributed by atoms with van der Waals surface area (Å²) in [5.74, 6) is 0. The lowest BCUT2D eigenvalue weighted by Crippen LogP contribution is -1.87. The Hall–Kier alpha value is -2.09. The largest absolute Gasteiger partial charge is 0.397 e. The third-order valence-corrected chi connectivity index (χ3v) is 2.95. The SMILES string of the molecule is Nc1ccc(Sc2ncn[nH]2)c2nonc12. The Morgan fingerprint density at radius 2 is 2.12 bits per heavy atom. The number of rotatable bonds is 2. The van der Waals surface area contributed by atoms with Gasteiger partial charge in [0.2, 0.25) is 0 Å². The van der Waals surface area contributed by atoms with Gasteiger partial charge in [-0.25, -0.2) is 9.61 Å². The van der Waals surface area contributed by atoms with Crippen LogP contribution >= 0.6 is 11.8 Å². The summed E-state index contributed by atoms with van der Waals surface area (Å²) in [7, 11) is 0. The van der Waals surface area contributed by atoms with Crippen molar-refractivity contribution in [3.63, 3.8) is 0 Å². The monoisotopic (exact) mass is 234 g/mol. The highest BCUT2D eigenvalue weighted by molar-refractivity contribution is 7.99. The van der Waals surface area contributed by atoms with E-state index in [9.17, 15) is 0 Å². The van der Waals surface area contributed by atoms with E-state index in [1.165, 1.54) is 18.1 Å². The van der Waals surface area contributed by atoms with Gasteiger partial charge in [0, 0.05) is 4.90 Å². The Morgan fingerprint density at radius 3 is 2.94 bits per heavy atom. The van der Waals surface area contributed by atoms with Crippen LogP contribution in [0.1, 0.15) is 0 Å². The molecule has 0 bridgehead atoms. The lowest BCUT2D eigenvalue weighted by molar-refractivity contribution is 0.315. The van der Waals surface area contributed by atoms with Gasteiger partial charge in [0.1, 0.15) is 6.33 Å². The van der Waals surface area contributed by atoms with Gasteiger partial charge in [-0.05, 0) is 34.2 Å². The van der Waals surface area contributed by atoms with E-state index in [0.717, 1.165) is 4.90 Å². The predicted octanol–water partition coefficient (Wildman–Crippen LogP) is 1.07. The number of benzene rings is 1. The standard InChI is InChI=1S/C8H6N6OS/c9-4-1-2-5(7-6(4)13-15-14-7)16-8-10-3-11-12-8/h1-3H,9H2,(H,10,11,12). The summed E-state index contributed by atoms with van der Waals surface area (Å²) in [4.78, 5) is 4.87. The van der Waals surface area contributed by atoms with Crippen LogP contribution in [0.15, 0.2) is 33.1 Å². The summed E-state index contributed by atoms with van der Waals surface area (Å²) in [5, 5.41) is 14.7. The second-order valence-corrected chi connectivity index (χ2v) is 4.04. The van der Waals surface area contributed by atoms with E-state index in [4.69, 9.17) is 5.73 Å². The zero-order valence-corrected chi connectivity index (χ0v) is 8.73. The Bertz CT molecular complexity index is 619. The number of aromatic nitrogens is 5. The average Bonchev–Trinajstić information content (AvgIpc) is 2.92. The lowest BCUT2D eigenvalue weighted by Gasteiger charge is -1.98. The second kappa shape index (κ2) is 3.49. The number of hydrogen-bond donors (Lipinski definition) is 2. The molecule has 0 spiro atoms. The van der Waals surface area contributed by atoms with Gasteiger partial charge in [-0.3, -0.25) is 5.10 Å². The summed E-state index contributed by atoms with van der Waals surface area (Å²) < 4.78 is 4.67. The Kier molecular flexibility index (Phi) is 2.00. The van der Waals surface area contributed by atoms with E-state index in [0.29, 0.717) is 21.9 Å². The molecule has 0 radical (unpaired) electrons. The van der Waals surface area contributed by atoms with E-state index < -0.39 is 0 Å². The molecule has 16 heavy (non-hydrogen) atoms. The van der Waals surface area contributed by atoms with Crippen molar-refractivity contribution in [2.75, 3.05) is 5.73 Å². The molecule has 3 aromatic rings. The Balaban J connectivity index is 2.10. The van der Waals surface area contributed by atoms with Crippen molar-refractivity contribution in [2.45, 2.75) is 10.1 Å². The molecule has 7 nitrogen and oxygen atoms in total. The molecule has 0 saturated heterocycles. The predicted molar refractivity (Wildman–Crippen MR) is 56.7 cm³/mol. The van der Waals surface area contributed by atoms with Gasteiger partial charge >= 0.3 is 0 Å². The summed E-state index contributed by atoms with van der Waals surface area (Å²) in [6.07, 6.45) is 1.44. The van der Waals surface area contributed by atoms with Crippen molar-refractivity contribution in [3.8, 4) is 0 Å². The molecule has 0 amide bonds.